The Morgan fingerprint density at radius 3 is 3.05 bits per heavy atom. The van der Waals surface area contributed by atoms with Gasteiger partial charge in [0, 0.05) is 41.2 Å². The highest BCUT2D eigenvalue weighted by Crippen LogP contribution is 2.36. The van der Waals surface area contributed by atoms with E-state index in [2.05, 4.69) is 23.3 Å². The van der Waals surface area contributed by atoms with Crippen LogP contribution in [0.1, 0.15) is 40.9 Å². The van der Waals surface area contributed by atoms with Crippen LogP contribution in [-0.2, 0) is 0 Å². The number of hydrogen-bond donors (Lipinski definition) is 1. The maximum atomic E-state index is 5.76. The van der Waals surface area contributed by atoms with Gasteiger partial charge in [-0.2, -0.15) is 0 Å². The van der Waals surface area contributed by atoms with Gasteiger partial charge in [-0.3, -0.25) is 0 Å². The minimum atomic E-state index is 0.286. The molecule has 0 saturated carbocycles. The highest BCUT2D eigenvalue weighted by molar-refractivity contribution is 7.11. The van der Waals surface area contributed by atoms with Crippen LogP contribution in [-0.4, -0.2) is 18.7 Å². The van der Waals surface area contributed by atoms with Gasteiger partial charge in [-0.1, -0.05) is 6.07 Å². The Kier molecular flexibility index (Phi) is 4.12. The summed E-state index contributed by atoms with van der Waals surface area (Å²) in [6.07, 6.45) is 2.94. The molecule has 0 aliphatic carbocycles. The van der Waals surface area contributed by atoms with Gasteiger partial charge in [-0.15, -0.1) is 11.3 Å². The summed E-state index contributed by atoms with van der Waals surface area (Å²) in [6, 6.07) is 6.63. The standard InChI is InChI=1S/C16H20N2O2S/c1-10(16-9-17-11(2)21-16)18-14-6-7-20-15-8-12(19-3)4-5-13(14)15/h4-5,8-10,14,18H,6-7H2,1-3H3/t10-,14-/m0/s1. The van der Waals surface area contributed by atoms with Crippen LogP contribution in [0.5, 0.6) is 11.5 Å². The lowest BCUT2D eigenvalue weighted by atomic mass is 9.99. The summed E-state index contributed by atoms with van der Waals surface area (Å²) < 4.78 is 11.0. The van der Waals surface area contributed by atoms with E-state index in [-0.39, 0.29) is 6.04 Å². The Balaban J connectivity index is 1.78. The first-order valence-electron chi connectivity index (χ1n) is 7.16. The first-order chi connectivity index (χ1) is 10.2. The van der Waals surface area contributed by atoms with E-state index in [0.29, 0.717) is 6.04 Å². The molecule has 0 unspecified atom stereocenters. The summed E-state index contributed by atoms with van der Waals surface area (Å²) in [6.45, 7) is 4.95. The zero-order valence-electron chi connectivity index (χ0n) is 12.6. The Hall–Kier alpha value is -1.59. The van der Waals surface area contributed by atoms with Crippen molar-refractivity contribution in [2.75, 3.05) is 13.7 Å². The predicted molar refractivity (Wildman–Crippen MR) is 84.2 cm³/mol. The predicted octanol–water partition coefficient (Wildman–Crippen LogP) is 3.63. The number of thiazole rings is 1. The fourth-order valence-electron chi connectivity index (χ4n) is 2.63. The van der Waals surface area contributed by atoms with Crippen LogP contribution in [0.15, 0.2) is 24.4 Å². The minimum absolute atomic E-state index is 0.286. The Bertz CT molecular complexity index is 626. The summed E-state index contributed by atoms with van der Waals surface area (Å²) >= 11 is 1.75. The Morgan fingerprint density at radius 1 is 1.48 bits per heavy atom. The van der Waals surface area contributed by atoms with Gasteiger partial charge >= 0.3 is 0 Å². The molecule has 0 fully saturated rings. The van der Waals surface area contributed by atoms with Gasteiger partial charge in [0.2, 0.25) is 0 Å². The second-order valence-corrected chi connectivity index (χ2v) is 6.53. The average molecular weight is 304 g/mol. The maximum Gasteiger partial charge on any atom is 0.127 e. The van der Waals surface area contributed by atoms with Crippen molar-refractivity contribution < 1.29 is 9.47 Å². The molecule has 2 aromatic rings. The summed E-state index contributed by atoms with van der Waals surface area (Å²) in [5.74, 6) is 1.76. The summed E-state index contributed by atoms with van der Waals surface area (Å²) in [5, 5.41) is 4.80. The van der Waals surface area contributed by atoms with E-state index in [1.807, 2.05) is 25.3 Å². The molecule has 0 radical (unpaired) electrons. The maximum absolute atomic E-state index is 5.76. The molecule has 0 bridgehead atoms. The lowest BCUT2D eigenvalue weighted by Gasteiger charge is -2.29. The number of nitrogens with zero attached hydrogens (tertiary/aromatic N) is 1. The zero-order valence-corrected chi connectivity index (χ0v) is 13.4. The number of aromatic nitrogens is 1. The SMILES string of the molecule is COc1ccc2c(c1)OCC[C@@H]2N[C@@H](C)c1cnc(C)s1. The van der Waals surface area contributed by atoms with Gasteiger partial charge in [0.25, 0.3) is 0 Å². The van der Waals surface area contributed by atoms with Crippen LogP contribution in [0.25, 0.3) is 0 Å². The van der Waals surface area contributed by atoms with Crippen LogP contribution in [0.4, 0.5) is 0 Å². The molecule has 2 atom stereocenters. The number of fused-ring (bicyclic) bond motifs is 1. The van der Waals surface area contributed by atoms with Gasteiger partial charge < -0.3 is 14.8 Å². The quantitative estimate of drug-likeness (QED) is 0.936. The molecule has 0 spiro atoms. The number of hydrogen-bond acceptors (Lipinski definition) is 5. The molecule has 1 aliphatic rings. The van der Waals surface area contributed by atoms with Gasteiger partial charge in [-0.05, 0) is 19.9 Å². The molecule has 112 valence electrons. The normalized spacial score (nSPS) is 18.7. The zero-order chi connectivity index (χ0) is 14.8. The number of rotatable bonds is 4. The molecule has 1 aromatic heterocycles. The third kappa shape index (κ3) is 3.04. The molecule has 1 aromatic carbocycles. The average Bonchev–Trinajstić information content (AvgIpc) is 2.93. The first kappa shape index (κ1) is 14.4. The highest BCUT2D eigenvalue weighted by atomic mass is 32.1. The van der Waals surface area contributed by atoms with Crippen LogP contribution in [0, 0.1) is 6.92 Å². The van der Waals surface area contributed by atoms with Crippen LogP contribution in [0.2, 0.25) is 0 Å². The van der Waals surface area contributed by atoms with Crippen LogP contribution >= 0.6 is 11.3 Å². The molecule has 1 aliphatic heterocycles. The van der Waals surface area contributed by atoms with Crippen molar-refractivity contribution in [3.63, 3.8) is 0 Å². The van der Waals surface area contributed by atoms with E-state index >= 15 is 0 Å². The molecule has 1 N–H and O–H groups in total. The second kappa shape index (κ2) is 6.03. The first-order valence-corrected chi connectivity index (χ1v) is 7.98. The molecule has 21 heavy (non-hydrogen) atoms. The van der Waals surface area contributed by atoms with E-state index < -0.39 is 0 Å². The molecule has 0 amide bonds. The number of aryl methyl sites for hydroxylation is 1. The van der Waals surface area contributed by atoms with Crippen molar-refractivity contribution in [1.29, 1.82) is 0 Å². The molecule has 5 heteroatoms. The van der Waals surface area contributed by atoms with Crippen molar-refractivity contribution in [3.8, 4) is 11.5 Å². The number of benzene rings is 1. The van der Waals surface area contributed by atoms with E-state index in [4.69, 9.17) is 9.47 Å². The van der Waals surface area contributed by atoms with Crippen LogP contribution in [0.3, 0.4) is 0 Å². The molecule has 2 heterocycles. The second-order valence-electron chi connectivity index (χ2n) is 5.26. The monoisotopic (exact) mass is 304 g/mol. The molecule has 0 saturated heterocycles. The fraction of sp³-hybridized carbons (Fsp3) is 0.438. The van der Waals surface area contributed by atoms with Gasteiger partial charge in [-0.25, -0.2) is 4.98 Å². The molecular formula is C16H20N2O2S. The Morgan fingerprint density at radius 2 is 2.33 bits per heavy atom. The number of ether oxygens (including phenoxy) is 2. The van der Waals surface area contributed by atoms with Crippen molar-refractivity contribution in [2.24, 2.45) is 0 Å². The topological polar surface area (TPSA) is 43.4 Å². The smallest absolute Gasteiger partial charge is 0.127 e. The largest absolute Gasteiger partial charge is 0.497 e. The van der Waals surface area contributed by atoms with Gasteiger partial charge in [0.15, 0.2) is 0 Å². The van der Waals surface area contributed by atoms with Crippen LogP contribution < -0.4 is 14.8 Å². The van der Waals surface area contributed by atoms with E-state index in [0.717, 1.165) is 29.5 Å². The lowest BCUT2D eigenvalue weighted by molar-refractivity contribution is 0.245. The van der Waals surface area contributed by atoms with Crippen molar-refractivity contribution in [1.82, 2.24) is 10.3 Å². The lowest BCUT2D eigenvalue weighted by Crippen LogP contribution is -2.29. The van der Waals surface area contributed by atoms with Gasteiger partial charge in [0.1, 0.15) is 11.5 Å². The summed E-state index contributed by atoms with van der Waals surface area (Å²) in [7, 11) is 1.68. The molecular weight excluding hydrogens is 284 g/mol. The van der Waals surface area contributed by atoms with E-state index in [1.54, 1.807) is 18.4 Å². The molecule has 4 nitrogen and oxygen atoms in total. The van der Waals surface area contributed by atoms with E-state index in [9.17, 15) is 0 Å². The third-order valence-electron chi connectivity index (χ3n) is 3.78. The van der Waals surface area contributed by atoms with Gasteiger partial charge in [0.05, 0.1) is 18.7 Å². The number of nitrogens with one attached hydrogen (secondary N) is 1. The molecule has 3 rings (SSSR count). The summed E-state index contributed by atoms with van der Waals surface area (Å²) in [5.41, 5.74) is 1.20. The Labute approximate surface area is 129 Å². The third-order valence-corrected chi connectivity index (χ3v) is 4.87. The van der Waals surface area contributed by atoms with E-state index in [1.165, 1.54) is 10.4 Å². The summed E-state index contributed by atoms with van der Waals surface area (Å²) in [4.78, 5) is 5.61. The minimum Gasteiger partial charge on any atom is -0.497 e. The van der Waals surface area contributed by atoms with Crippen molar-refractivity contribution in [3.05, 3.63) is 39.8 Å². The van der Waals surface area contributed by atoms with Crippen molar-refractivity contribution >= 4 is 11.3 Å². The highest BCUT2D eigenvalue weighted by Gasteiger charge is 2.24. The fourth-order valence-corrected chi connectivity index (χ4v) is 3.43. The van der Waals surface area contributed by atoms with Crippen molar-refractivity contribution in [2.45, 2.75) is 32.4 Å². The number of methoxy groups -OCH3 is 1.